The molecule has 1 aromatic carbocycles. The van der Waals surface area contributed by atoms with Crippen molar-refractivity contribution < 1.29 is 27.4 Å². The molecule has 0 aliphatic carbocycles. The zero-order valence-electron chi connectivity index (χ0n) is 20.7. The van der Waals surface area contributed by atoms with Crippen molar-refractivity contribution in [2.45, 2.75) is 65.3 Å². The van der Waals surface area contributed by atoms with Crippen molar-refractivity contribution in [3.63, 3.8) is 0 Å². The normalized spacial score (nSPS) is 14.1. The average Bonchev–Trinajstić information content (AvgIpc) is 3.18. The third kappa shape index (κ3) is 6.86. The van der Waals surface area contributed by atoms with Gasteiger partial charge in [-0.1, -0.05) is 13.8 Å². The molecule has 1 atom stereocenters. The highest BCUT2D eigenvalue weighted by molar-refractivity contribution is 5.69. The summed E-state index contributed by atoms with van der Waals surface area (Å²) in [5, 5.41) is 6.93. The number of amides is 1. The first-order chi connectivity index (χ1) is 16.2. The van der Waals surface area contributed by atoms with E-state index in [0.29, 0.717) is 23.3 Å². The third-order valence-corrected chi connectivity index (χ3v) is 5.08. The van der Waals surface area contributed by atoms with E-state index in [9.17, 15) is 18.0 Å². The van der Waals surface area contributed by atoms with Gasteiger partial charge in [-0.15, -0.1) is 0 Å². The van der Waals surface area contributed by atoms with Gasteiger partial charge in [0, 0.05) is 17.8 Å². The summed E-state index contributed by atoms with van der Waals surface area (Å²) in [6, 6.07) is 7.13. The van der Waals surface area contributed by atoms with Crippen molar-refractivity contribution in [1.82, 2.24) is 19.9 Å². The number of alkyl carbamates (subject to hydrolysis) is 1. The fourth-order valence-electron chi connectivity index (χ4n) is 3.92. The Hall–Kier alpha value is -3.30. The van der Waals surface area contributed by atoms with Gasteiger partial charge in [0.15, 0.2) is 5.65 Å². The number of rotatable bonds is 7. The zero-order chi connectivity index (χ0) is 26.0. The Balaban J connectivity index is 1.90. The predicted molar refractivity (Wildman–Crippen MR) is 126 cm³/mol. The van der Waals surface area contributed by atoms with Crippen LogP contribution in [0.3, 0.4) is 0 Å². The monoisotopic (exact) mass is 492 g/mol. The Morgan fingerprint density at radius 3 is 2.43 bits per heavy atom. The molecule has 1 amide bonds. The van der Waals surface area contributed by atoms with Crippen LogP contribution in [0.2, 0.25) is 0 Å². The van der Waals surface area contributed by atoms with Crippen LogP contribution in [0.25, 0.3) is 16.9 Å². The van der Waals surface area contributed by atoms with Gasteiger partial charge in [-0.2, -0.15) is 18.3 Å². The maximum atomic E-state index is 14.0. The van der Waals surface area contributed by atoms with Gasteiger partial charge in [0.25, 0.3) is 0 Å². The van der Waals surface area contributed by atoms with Crippen molar-refractivity contribution >= 4 is 11.7 Å². The number of hydrogen-bond acceptors (Lipinski definition) is 5. The SMILES string of the molecule is CC(C)CC(C)(COc1ccc(-c2ccnc3ccnn23)cc1C(F)(F)F)NC(=O)OC(C)(C)C. The molecule has 0 spiro atoms. The van der Waals surface area contributed by atoms with Crippen LogP contribution in [0.4, 0.5) is 18.0 Å². The van der Waals surface area contributed by atoms with Gasteiger partial charge in [-0.25, -0.2) is 14.3 Å². The molecule has 2 aromatic heterocycles. The minimum Gasteiger partial charge on any atom is -0.491 e. The first kappa shape index (κ1) is 26.3. The quantitative estimate of drug-likeness (QED) is 0.430. The smallest absolute Gasteiger partial charge is 0.419 e. The van der Waals surface area contributed by atoms with Crippen LogP contribution >= 0.6 is 0 Å². The van der Waals surface area contributed by atoms with Gasteiger partial charge in [-0.05, 0) is 64.3 Å². The van der Waals surface area contributed by atoms with E-state index in [-0.39, 0.29) is 18.3 Å². The lowest BCUT2D eigenvalue weighted by molar-refractivity contribution is -0.139. The Morgan fingerprint density at radius 2 is 1.80 bits per heavy atom. The van der Waals surface area contributed by atoms with Crippen molar-refractivity contribution in [2.75, 3.05) is 6.61 Å². The molecule has 0 bridgehead atoms. The fourth-order valence-corrected chi connectivity index (χ4v) is 3.92. The molecule has 0 saturated heterocycles. The second-order valence-corrected chi connectivity index (χ2v) is 10.2. The molecule has 1 unspecified atom stereocenters. The van der Waals surface area contributed by atoms with Gasteiger partial charge in [0.05, 0.1) is 23.0 Å². The Morgan fingerprint density at radius 1 is 1.09 bits per heavy atom. The van der Waals surface area contributed by atoms with Crippen LogP contribution in [-0.4, -0.2) is 38.4 Å². The van der Waals surface area contributed by atoms with Crippen LogP contribution in [0.5, 0.6) is 5.75 Å². The number of alkyl halides is 3. The molecule has 0 saturated carbocycles. The lowest BCUT2D eigenvalue weighted by atomic mass is 9.91. The van der Waals surface area contributed by atoms with E-state index < -0.39 is 29.0 Å². The zero-order valence-corrected chi connectivity index (χ0v) is 20.7. The van der Waals surface area contributed by atoms with Gasteiger partial charge in [-0.3, -0.25) is 0 Å². The second kappa shape index (κ2) is 9.75. The van der Waals surface area contributed by atoms with Crippen LogP contribution in [0, 0.1) is 5.92 Å². The fraction of sp³-hybridized carbons (Fsp3) is 0.480. The minimum atomic E-state index is -4.66. The summed E-state index contributed by atoms with van der Waals surface area (Å²) in [6.45, 7) is 10.7. The molecule has 1 N–H and O–H groups in total. The Labute approximate surface area is 202 Å². The standard InChI is InChI=1S/C25H31F3N4O3/c1-16(2)14-24(6,31-22(33)35-23(3,4)5)15-34-20-8-7-17(13-18(20)25(26,27)28)19-9-11-29-21-10-12-30-32(19)21/h7-13,16H,14-15H2,1-6H3,(H,31,33). The number of carbonyl (C=O) groups is 1. The van der Waals surface area contributed by atoms with Gasteiger partial charge >= 0.3 is 12.3 Å². The number of hydrogen-bond donors (Lipinski definition) is 1. The molecule has 3 rings (SSSR count). The van der Waals surface area contributed by atoms with E-state index in [1.165, 1.54) is 23.0 Å². The summed E-state index contributed by atoms with van der Waals surface area (Å²) in [4.78, 5) is 16.5. The van der Waals surface area contributed by atoms with Gasteiger partial charge in [0.2, 0.25) is 0 Å². The maximum Gasteiger partial charge on any atom is 0.419 e. The van der Waals surface area contributed by atoms with Crippen molar-refractivity contribution in [3.05, 3.63) is 48.3 Å². The number of benzene rings is 1. The van der Waals surface area contributed by atoms with Crippen LogP contribution < -0.4 is 10.1 Å². The summed E-state index contributed by atoms with van der Waals surface area (Å²) in [5.41, 5.74) is -1.28. The first-order valence-electron chi connectivity index (χ1n) is 11.3. The Bertz CT molecular complexity index is 1180. The first-order valence-corrected chi connectivity index (χ1v) is 11.3. The molecule has 2 heterocycles. The summed E-state index contributed by atoms with van der Waals surface area (Å²) in [7, 11) is 0. The van der Waals surface area contributed by atoms with Crippen molar-refractivity contribution in [3.8, 4) is 17.0 Å². The molecule has 35 heavy (non-hydrogen) atoms. The third-order valence-electron chi connectivity index (χ3n) is 5.08. The highest BCUT2D eigenvalue weighted by atomic mass is 19.4. The lowest BCUT2D eigenvalue weighted by Crippen LogP contribution is -2.52. The number of fused-ring (bicyclic) bond motifs is 1. The lowest BCUT2D eigenvalue weighted by Gasteiger charge is -2.33. The summed E-state index contributed by atoms with van der Waals surface area (Å²) in [5.74, 6) is -0.181. The molecule has 3 aromatic rings. The molecule has 7 nitrogen and oxygen atoms in total. The highest BCUT2D eigenvalue weighted by Crippen LogP contribution is 2.39. The van der Waals surface area contributed by atoms with Crippen molar-refractivity contribution in [1.29, 1.82) is 0 Å². The largest absolute Gasteiger partial charge is 0.491 e. The summed E-state index contributed by atoms with van der Waals surface area (Å²) < 4.78 is 54.6. The van der Waals surface area contributed by atoms with E-state index in [1.54, 1.807) is 45.9 Å². The number of halogens is 3. The molecule has 0 aliphatic rings. The van der Waals surface area contributed by atoms with Crippen LogP contribution in [-0.2, 0) is 10.9 Å². The van der Waals surface area contributed by atoms with Gasteiger partial charge < -0.3 is 14.8 Å². The van der Waals surface area contributed by atoms with E-state index >= 15 is 0 Å². The number of ether oxygens (including phenoxy) is 2. The molecule has 0 aliphatic heterocycles. The number of nitrogens with zero attached hydrogens (tertiary/aromatic N) is 3. The molecule has 190 valence electrons. The molecule has 10 heteroatoms. The topological polar surface area (TPSA) is 77.8 Å². The average molecular weight is 493 g/mol. The van der Waals surface area contributed by atoms with E-state index in [1.807, 2.05) is 13.8 Å². The molecule has 0 radical (unpaired) electrons. The summed E-state index contributed by atoms with van der Waals surface area (Å²) in [6.07, 6.45) is -1.80. The molecular weight excluding hydrogens is 461 g/mol. The number of carbonyl (C=O) groups excluding carboxylic acids is 1. The number of aromatic nitrogens is 3. The van der Waals surface area contributed by atoms with Crippen molar-refractivity contribution in [2.24, 2.45) is 5.92 Å². The number of nitrogens with one attached hydrogen (secondary N) is 1. The van der Waals surface area contributed by atoms with E-state index in [4.69, 9.17) is 9.47 Å². The van der Waals surface area contributed by atoms with E-state index in [2.05, 4.69) is 15.4 Å². The predicted octanol–water partition coefficient (Wildman–Crippen LogP) is 6.12. The van der Waals surface area contributed by atoms with Crippen LogP contribution in [0.15, 0.2) is 42.7 Å². The Kier molecular flexibility index (Phi) is 7.33. The van der Waals surface area contributed by atoms with Gasteiger partial charge in [0.1, 0.15) is 18.0 Å². The van der Waals surface area contributed by atoms with E-state index in [0.717, 1.165) is 6.07 Å². The van der Waals surface area contributed by atoms with Crippen LogP contribution in [0.1, 0.15) is 53.5 Å². The summed E-state index contributed by atoms with van der Waals surface area (Å²) >= 11 is 0. The second-order valence-electron chi connectivity index (χ2n) is 10.2. The molecule has 0 fully saturated rings. The maximum absolute atomic E-state index is 14.0. The highest BCUT2D eigenvalue weighted by Gasteiger charge is 2.37. The minimum absolute atomic E-state index is 0.145. The molecular formula is C25H31F3N4O3.